The fraction of sp³-hybridized carbons (Fsp3) is 0. The van der Waals surface area contributed by atoms with Crippen molar-refractivity contribution in [2.24, 2.45) is 0 Å². The van der Waals surface area contributed by atoms with Crippen LogP contribution in [0, 0.1) is 47.4 Å². The van der Waals surface area contributed by atoms with Crippen LogP contribution in [0.2, 0.25) is 0 Å². The monoisotopic (exact) mass is 352 g/mol. The lowest BCUT2D eigenvalue weighted by Gasteiger charge is -1.94. The molecule has 0 aromatic heterocycles. The predicted octanol–water partition coefficient (Wildman–Crippen LogP) is 5.47. The zero-order chi connectivity index (χ0) is 19.3. The third kappa shape index (κ3) is 6.51. The van der Waals surface area contributed by atoms with Crippen molar-refractivity contribution in [3.8, 4) is 47.4 Å². The largest absolute Gasteiger partial charge is 0.0608 e. The molecule has 0 unspecified atom stereocenters. The summed E-state index contributed by atoms with van der Waals surface area (Å²) in [7, 11) is 0. The summed E-state index contributed by atoms with van der Waals surface area (Å²) >= 11 is 0. The molecule has 28 heavy (non-hydrogen) atoms. The summed E-state index contributed by atoms with van der Waals surface area (Å²) in [6.07, 6.45) is 15.1. The first-order valence-electron chi connectivity index (χ1n) is 8.79. The third-order valence-corrected chi connectivity index (χ3v) is 3.72. The van der Waals surface area contributed by atoms with E-state index in [1.54, 1.807) is 24.3 Å². The van der Waals surface area contributed by atoms with Crippen molar-refractivity contribution in [2.45, 2.75) is 0 Å². The van der Waals surface area contributed by atoms with Gasteiger partial charge in [-0.15, -0.1) is 0 Å². The van der Waals surface area contributed by atoms with Crippen LogP contribution in [0.15, 0.2) is 72.8 Å². The van der Waals surface area contributed by atoms with Crippen molar-refractivity contribution in [3.63, 3.8) is 0 Å². The number of hydrogen-bond donors (Lipinski definition) is 0. The van der Waals surface area contributed by atoms with Crippen molar-refractivity contribution >= 4 is 24.3 Å². The Morgan fingerprint density at radius 1 is 0.321 bits per heavy atom. The van der Waals surface area contributed by atoms with Gasteiger partial charge in [0.05, 0.1) is 0 Å². The average Bonchev–Trinajstić information content (AvgIpc) is 2.73. The van der Waals surface area contributed by atoms with Gasteiger partial charge in [-0.2, -0.15) is 0 Å². The molecule has 4 bridgehead atoms. The van der Waals surface area contributed by atoms with Crippen LogP contribution < -0.4 is 0 Å². The van der Waals surface area contributed by atoms with Crippen molar-refractivity contribution in [2.75, 3.05) is 0 Å². The van der Waals surface area contributed by atoms with Crippen molar-refractivity contribution in [1.29, 1.82) is 0 Å². The van der Waals surface area contributed by atoms with E-state index in [0.717, 1.165) is 22.3 Å². The summed E-state index contributed by atoms with van der Waals surface area (Å²) < 4.78 is 0. The molecular formula is C28H16. The third-order valence-electron chi connectivity index (χ3n) is 3.72. The molecule has 0 N–H and O–H groups in total. The average molecular weight is 352 g/mol. The number of hydrogen-bond acceptors (Lipinski definition) is 0. The van der Waals surface area contributed by atoms with Gasteiger partial charge < -0.3 is 0 Å². The molecule has 128 valence electrons. The first-order chi connectivity index (χ1) is 13.9. The Morgan fingerprint density at radius 2 is 0.536 bits per heavy atom. The quantitative estimate of drug-likeness (QED) is 0.552. The maximum absolute atomic E-state index is 2.93. The molecule has 0 heterocycles. The Morgan fingerprint density at radius 3 is 0.750 bits per heavy atom. The molecule has 2 aromatic carbocycles. The van der Waals surface area contributed by atoms with Crippen molar-refractivity contribution < 1.29 is 0 Å². The second-order valence-electron chi connectivity index (χ2n) is 5.74. The van der Waals surface area contributed by atoms with E-state index in [0.29, 0.717) is 0 Å². The Bertz CT molecular complexity index is 983. The standard InChI is InChI=1S/C28H16/c1-2-6-10-14-26-21-23-28(24-22-26)16-12-8-4-3-7-11-15-27-19-17-25(18-20-27)13-9-5-1/h9-24H/b13-9-,14-10-,15-11-,16-12-,25-13?,26-14?,27-15?,28-16?. The van der Waals surface area contributed by atoms with Crippen molar-refractivity contribution in [1.82, 2.24) is 0 Å². The predicted molar refractivity (Wildman–Crippen MR) is 120 cm³/mol. The number of allylic oxidation sites excluding steroid dienone is 4. The fourth-order valence-corrected chi connectivity index (χ4v) is 2.30. The maximum Gasteiger partial charge on any atom is -0.0102 e. The minimum Gasteiger partial charge on any atom is -0.0608 e. The highest BCUT2D eigenvalue weighted by Gasteiger charge is 1.88. The van der Waals surface area contributed by atoms with Crippen LogP contribution in [-0.2, 0) is 0 Å². The minimum absolute atomic E-state index is 1.08. The molecule has 2 aromatic rings. The molecule has 4 aliphatic carbocycles. The zero-order valence-electron chi connectivity index (χ0n) is 15.2. The van der Waals surface area contributed by atoms with Crippen LogP contribution in [0.4, 0.5) is 0 Å². The van der Waals surface area contributed by atoms with E-state index in [-0.39, 0.29) is 0 Å². The summed E-state index contributed by atoms with van der Waals surface area (Å²) in [5.74, 6) is 23.0. The molecular weight excluding hydrogens is 336 g/mol. The Hall–Kier alpha value is -4.36. The van der Waals surface area contributed by atoms with Crippen LogP contribution in [-0.4, -0.2) is 0 Å². The molecule has 0 atom stereocenters. The van der Waals surface area contributed by atoms with Crippen LogP contribution in [0.5, 0.6) is 0 Å². The Labute approximate surface area is 167 Å². The lowest BCUT2D eigenvalue weighted by molar-refractivity contribution is 1.62. The second-order valence-corrected chi connectivity index (χ2v) is 5.74. The SMILES string of the molecule is C1#C/C=C\c2ccc(cc2)/C=C\C#CC#C/C=C\c2ccc(cc2)/C=C\C#C1. The van der Waals surface area contributed by atoms with Gasteiger partial charge in [-0.25, -0.2) is 0 Å². The summed E-state index contributed by atoms with van der Waals surface area (Å²) in [5, 5.41) is 0. The molecule has 0 saturated carbocycles. The molecule has 0 saturated heterocycles. The molecule has 0 amide bonds. The van der Waals surface area contributed by atoms with Gasteiger partial charge in [0.1, 0.15) is 0 Å². The minimum atomic E-state index is 1.08. The van der Waals surface area contributed by atoms with Crippen LogP contribution >= 0.6 is 0 Å². The first-order valence-corrected chi connectivity index (χ1v) is 8.79. The number of benzene rings is 2. The maximum atomic E-state index is 2.93. The van der Waals surface area contributed by atoms with E-state index >= 15 is 0 Å². The highest BCUT2D eigenvalue weighted by Crippen LogP contribution is 2.08. The molecule has 6 rings (SSSR count). The molecule has 0 fully saturated rings. The summed E-state index contributed by atoms with van der Waals surface area (Å²) in [4.78, 5) is 0. The van der Waals surface area contributed by atoms with E-state index in [9.17, 15) is 0 Å². The molecule has 4 aliphatic rings. The molecule has 0 radical (unpaired) electrons. The normalized spacial score (nSPS) is 16.3. The molecule has 0 heteroatoms. The van der Waals surface area contributed by atoms with Gasteiger partial charge in [0.2, 0.25) is 0 Å². The lowest BCUT2D eigenvalue weighted by Crippen LogP contribution is -1.74. The molecule has 0 nitrogen and oxygen atoms in total. The van der Waals surface area contributed by atoms with E-state index in [2.05, 4.69) is 47.4 Å². The first kappa shape index (κ1) is 18.4. The van der Waals surface area contributed by atoms with Gasteiger partial charge in [-0.05, 0) is 94.5 Å². The van der Waals surface area contributed by atoms with Gasteiger partial charge in [0, 0.05) is 0 Å². The summed E-state index contributed by atoms with van der Waals surface area (Å²) in [6.45, 7) is 0. The fourth-order valence-electron chi connectivity index (χ4n) is 2.30. The van der Waals surface area contributed by atoms with E-state index in [1.807, 2.05) is 72.8 Å². The van der Waals surface area contributed by atoms with Gasteiger partial charge in [0.25, 0.3) is 0 Å². The van der Waals surface area contributed by atoms with Gasteiger partial charge >= 0.3 is 0 Å². The Balaban J connectivity index is 1.84. The van der Waals surface area contributed by atoms with Crippen molar-refractivity contribution in [3.05, 3.63) is 95.1 Å². The number of rotatable bonds is 0. The molecule has 0 spiro atoms. The van der Waals surface area contributed by atoms with E-state index in [4.69, 9.17) is 0 Å². The van der Waals surface area contributed by atoms with Gasteiger partial charge in [0.15, 0.2) is 0 Å². The van der Waals surface area contributed by atoms with Gasteiger partial charge in [-0.3, -0.25) is 0 Å². The summed E-state index contributed by atoms with van der Waals surface area (Å²) in [5.41, 5.74) is 4.34. The Kier molecular flexibility index (Phi) is 6.97. The highest BCUT2D eigenvalue weighted by molar-refractivity contribution is 5.61. The van der Waals surface area contributed by atoms with Gasteiger partial charge in [-0.1, -0.05) is 72.2 Å². The van der Waals surface area contributed by atoms with E-state index < -0.39 is 0 Å². The van der Waals surface area contributed by atoms with Crippen LogP contribution in [0.1, 0.15) is 22.3 Å². The highest BCUT2D eigenvalue weighted by atomic mass is 13.9. The zero-order valence-corrected chi connectivity index (χ0v) is 15.2. The second kappa shape index (κ2) is 10.6. The van der Waals surface area contributed by atoms with E-state index in [1.165, 1.54) is 0 Å². The summed E-state index contributed by atoms with van der Waals surface area (Å²) in [6, 6.07) is 16.3. The lowest BCUT2D eigenvalue weighted by atomic mass is 10.1. The topological polar surface area (TPSA) is 0 Å². The van der Waals surface area contributed by atoms with Crippen LogP contribution in [0.3, 0.4) is 0 Å². The molecule has 0 aliphatic heterocycles. The van der Waals surface area contributed by atoms with Crippen LogP contribution in [0.25, 0.3) is 24.3 Å². The smallest absolute Gasteiger partial charge is 0.0102 e.